The van der Waals surface area contributed by atoms with Crippen molar-refractivity contribution < 1.29 is 14.3 Å². The van der Waals surface area contributed by atoms with Gasteiger partial charge in [-0.15, -0.1) is 0 Å². The molecule has 27 heavy (non-hydrogen) atoms. The SMILES string of the molecule is COc1ccc(C(=O)NC[C@@H]2CCN(c3cnn(C)c(=O)c3)C2)c(OC)n1. The molecule has 1 amide bonds. The summed E-state index contributed by atoms with van der Waals surface area (Å²) in [6, 6.07) is 4.84. The number of nitrogens with zero attached hydrogens (tertiary/aromatic N) is 4. The summed E-state index contributed by atoms with van der Waals surface area (Å²) >= 11 is 0. The molecule has 3 rings (SSSR count). The van der Waals surface area contributed by atoms with Crippen LogP contribution in [0.4, 0.5) is 5.69 Å². The Morgan fingerprint density at radius 2 is 2.15 bits per heavy atom. The van der Waals surface area contributed by atoms with Gasteiger partial charge >= 0.3 is 0 Å². The number of ether oxygens (including phenoxy) is 2. The number of aryl methyl sites for hydroxylation is 1. The fourth-order valence-corrected chi connectivity index (χ4v) is 3.06. The van der Waals surface area contributed by atoms with E-state index >= 15 is 0 Å². The normalized spacial score (nSPS) is 16.3. The number of carbonyl (C=O) groups excluding carboxylic acids is 1. The van der Waals surface area contributed by atoms with E-state index in [1.807, 2.05) is 0 Å². The molecule has 0 saturated carbocycles. The van der Waals surface area contributed by atoms with E-state index < -0.39 is 0 Å². The Morgan fingerprint density at radius 1 is 1.33 bits per heavy atom. The maximum absolute atomic E-state index is 12.5. The lowest BCUT2D eigenvalue weighted by atomic mass is 10.1. The molecular formula is C18H23N5O4. The number of pyridine rings is 1. The van der Waals surface area contributed by atoms with Crippen LogP contribution < -0.4 is 25.2 Å². The molecule has 0 aromatic carbocycles. The summed E-state index contributed by atoms with van der Waals surface area (Å²) in [5.74, 6) is 0.662. The maximum Gasteiger partial charge on any atom is 0.268 e. The highest BCUT2D eigenvalue weighted by Gasteiger charge is 2.24. The van der Waals surface area contributed by atoms with Gasteiger partial charge in [-0.2, -0.15) is 10.1 Å². The van der Waals surface area contributed by atoms with Crippen LogP contribution in [0.1, 0.15) is 16.8 Å². The van der Waals surface area contributed by atoms with Crippen molar-refractivity contribution in [3.8, 4) is 11.8 Å². The molecule has 2 aromatic rings. The molecule has 2 aromatic heterocycles. The Labute approximate surface area is 156 Å². The molecule has 9 heteroatoms. The van der Waals surface area contributed by atoms with Crippen molar-refractivity contribution in [1.29, 1.82) is 0 Å². The Kier molecular flexibility index (Phi) is 5.58. The fraction of sp³-hybridized carbons (Fsp3) is 0.444. The van der Waals surface area contributed by atoms with E-state index in [0.717, 1.165) is 25.2 Å². The third-order valence-electron chi connectivity index (χ3n) is 4.64. The molecule has 0 spiro atoms. The van der Waals surface area contributed by atoms with Gasteiger partial charge in [-0.3, -0.25) is 9.59 Å². The molecule has 1 aliphatic heterocycles. The van der Waals surface area contributed by atoms with Crippen LogP contribution in [-0.2, 0) is 7.05 Å². The summed E-state index contributed by atoms with van der Waals surface area (Å²) in [6.07, 6.45) is 2.61. The zero-order chi connectivity index (χ0) is 19.4. The molecule has 0 bridgehead atoms. The molecule has 3 heterocycles. The van der Waals surface area contributed by atoms with Gasteiger partial charge in [-0.1, -0.05) is 0 Å². The van der Waals surface area contributed by atoms with Crippen LogP contribution >= 0.6 is 0 Å². The summed E-state index contributed by atoms with van der Waals surface area (Å²) in [6.45, 7) is 2.11. The summed E-state index contributed by atoms with van der Waals surface area (Å²) in [4.78, 5) is 30.5. The third-order valence-corrected chi connectivity index (χ3v) is 4.64. The monoisotopic (exact) mass is 373 g/mol. The van der Waals surface area contributed by atoms with Crippen LogP contribution in [0, 0.1) is 5.92 Å². The number of carbonyl (C=O) groups is 1. The predicted molar refractivity (Wildman–Crippen MR) is 99.5 cm³/mol. The van der Waals surface area contributed by atoms with E-state index in [-0.39, 0.29) is 23.3 Å². The van der Waals surface area contributed by atoms with E-state index in [2.05, 4.69) is 20.3 Å². The number of amides is 1. The second kappa shape index (κ2) is 8.07. The summed E-state index contributed by atoms with van der Waals surface area (Å²) in [5.41, 5.74) is 1.04. The average molecular weight is 373 g/mol. The minimum absolute atomic E-state index is 0.136. The van der Waals surface area contributed by atoms with Crippen molar-refractivity contribution in [3.63, 3.8) is 0 Å². The van der Waals surface area contributed by atoms with Crippen molar-refractivity contribution >= 4 is 11.6 Å². The van der Waals surface area contributed by atoms with Crippen LogP contribution in [0.25, 0.3) is 0 Å². The van der Waals surface area contributed by atoms with E-state index in [1.165, 1.54) is 18.9 Å². The van der Waals surface area contributed by atoms with Crippen molar-refractivity contribution in [3.05, 3.63) is 40.3 Å². The Morgan fingerprint density at radius 3 is 2.85 bits per heavy atom. The van der Waals surface area contributed by atoms with Crippen molar-refractivity contribution in [1.82, 2.24) is 20.1 Å². The first-order valence-electron chi connectivity index (χ1n) is 8.67. The molecule has 0 unspecified atom stereocenters. The molecule has 9 nitrogen and oxygen atoms in total. The van der Waals surface area contributed by atoms with Gasteiger partial charge < -0.3 is 19.7 Å². The first-order valence-corrected chi connectivity index (χ1v) is 8.67. The minimum Gasteiger partial charge on any atom is -0.481 e. The van der Waals surface area contributed by atoms with Crippen LogP contribution in [0.5, 0.6) is 11.8 Å². The molecule has 1 N–H and O–H groups in total. The average Bonchev–Trinajstić information content (AvgIpc) is 3.16. The number of aromatic nitrogens is 3. The fourth-order valence-electron chi connectivity index (χ4n) is 3.06. The standard InChI is InChI=1S/C18H23N5O4/c1-22-16(24)8-13(10-20-22)23-7-6-12(11-23)9-19-17(25)14-4-5-15(26-2)21-18(14)27-3/h4-5,8,10,12H,6-7,9,11H2,1-3H3,(H,19,25)/t12-/m0/s1. The zero-order valence-electron chi connectivity index (χ0n) is 15.6. The van der Waals surface area contributed by atoms with E-state index in [1.54, 1.807) is 31.4 Å². The largest absolute Gasteiger partial charge is 0.481 e. The number of anilines is 1. The third kappa shape index (κ3) is 4.18. The molecular weight excluding hydrogens is 350 g/mol. The van der Waals surface area contributed by atoms with Gasteiger partial charge in [0.1, 0.15) is 5.56 Å². The summed E-state index contributed by atoms with van der Waals surface area (Å²) in [7, 11) is 4.59. The maximum atomic E-state index is 12.5. The lowest BCUT2D eigenvalue weighted by Gasteiger charge is -2.18. The predicted octanol–water partition coefficient (Wildman–Crippen LogP) is 0.449. The quantitative estimate of drug-likeness (QED) is 0.785. The number of rotatable bonds is 6. The van der Waals surface area contributed by atoms with Gasteiger partial charge in [0.05, 0.1) is 26.1 Å². The lowest BCUT2D eigenvalue weighted by Crippen LogP contribution is -2.31. The minimum atomic E-state index is -0.240. The van der Waals surface area contributed by atoms with Crippen LogP contribution in [0.15, 0.2) is 29.2 Å². The van der Waals surface area contributed by atoms with Crippen molar-refractivity contribution in [2.75, 3.05) is 38.8 Å². The molecule has 1 fully saturated rings. The second-order valence-corrected chi connectivity index (χ2v) is 6.40. The number of methoxy groups -OCH3 is 2. The van der Waals surface area contributed by atoms with E-state index in [0.29, 0.717) is 18.0 Å². The van der Waals surface area contributed by atoms with Gasteiger partial charge in [0.25, 0.3) is 11.5 Å². The zero-order valence-corrected chi connectivity index (χ0v) is 15.6. The highest BCUT2D eigenvalue weighted by Crippen LogP contribution is 2.23. The van der Waals surface area contributed by atoms with E-state index in [4.69, 9.17) is 9.47 Å². The molecule has 144 valence electrons. The summed E-state index contributed by atoms with van der Waals surface area (Å²) < 4.78 is 11.5. The van der Waals surface area contributed by atoms with Gasteiger partial charge in [0.15, 0.2) is 0 Å². The second-order valence-electron chi connectivity index (χ2n) is 6.40. The lowest BCUT2D eigenvalue weighted by molar-refractivity contribution is 0.0944. The van der Waals surface area contributed by atoms with Gasteiger partial charge in [-0.05, 0) is 18.4 Å². The van der Waals surface area contributed by atoms with Gasteiger partial charge in [0, 0.05) is 38.8 Å². The topological polar surface area (TPSA) is 98.6 Å². The van der Waals surface area contributed by atoms with Crippen LogP contribution in [0.2, 0.25) is 0 Å². The van der Waals surface area contributed by atoms with Crippen molar-refractivity contribution in [2.24, 2.45) is 13.0 Å². The number of hydrogen-bond donors (Lipinski definition) is 1. The van der Waals surface area contributed by atoms with Crippen molar-refractivity contribution in [2.45, 2.75) is 6.42 Å². The van der Waals surface area contributed by atoms with Crippen LogP contribution in [0.3, 0.4) is 0 Å². The van der Waals surface area contributed by atoms with Crippen LogP contribution in [-0.4, -0.2) is 54.5 Å². The highest BCUT2D eigenvalue weighted by molar-refractivity contribution is 5.96. The molecule has 1 aliphatic rings. The molecule has 1 atom stereocenters. The Bertz CT molecular complexity index is 882. The number of nitrogens with one attached hydrogen (secondary N) is 1. The first kappa shape index (κ1) is 18.7. The van der Waals surface area contributed by atoms with Gasteiger partial charge in [-0.25, -0.2) is 4.68 Å². The summed E-state index contributed by atoms with van der Waals surface area (Å²) in [5, 5.41) is 6.99. The van der Waals surface area contributed by atoms with Gasteiger partial charge in [0.2, 0.25) is 11.8 Å². The highest BCUT2D eigenvalue weighted by atomic mass is 16.5. The molecule has 0 aliphatic carbocycles. The molecule has 0 radical (unpaired) electrons. The Hall–Kier alpha value is -3.10. The number of hydrogen-bond acceptors (Lipinski definition) is 7. The Balaban J connectivity index is 1.58. The molecule has 1 saturated heterocycles. The van der Waals surface area contributed by atoms with E-state index in [9.17, 15) is 9.59 Å². The first-order chi connectivity index (χ1) is 13.0. The smallest absolute Gasteiger partial charge is 0.268 e.